The van der Waals surface area contributed by atoms with Crippen LogP contribution in [-0.4, -0.2) is 30.5 Å². The number of amides is 1. The summed E-state index contributed by atoms with van der Waals surface area (Å²) in [7, 11) is 0. The molecule has 5 nitrogen and oxygen atoms in total. The van der Waals surface area contributed by atoms with Crippen LogP contribution < -0.4 is 16.0 Å². The summed E-state index contributed by atoms with van der Waals surface area (Å²) < 4.78 is 0. The Morgan fingerprint density at radius 3 is 3.17 bits per heavy atom. The van der Waals surface area contributed by atoms with E-state index in [1.807, 2.05) is 12.1 Å². The SMILES string of the molecule is CCCNc1cc(N2CCC(C(N)=O)C2)ccn1. The van der Waals surface area contributed by atoms with E-state index >= 15 is 0 Å². The van der Waals surface area contributed by atoms with Gasteiger partial charge in [0.2, 0.25) is 5.91 Å². The zero-order chi connectivity index (χ0) is 13.0. The first-order valence-corrected chi connectivity index (χ1v) is 6.45. The van der Waals surface area contributed by atoms with E-state index in [9.17, 15) is 4.79 Å². The number of nitrogens with zero attached hydrogens (tertiary/aromatic N) is 2. The van der Waals surface area contributed by atoms with Gasteiger partial charge in [0.25, 0.3) is 0 Å². The predicted molar refractivity (Wildman–Crippen MR) is 72.5 cm³/mol. The average Bonchev–Trinajstić information content (AvgIpc) is 2.86. The van der Waals surface area contributed by atoms with Crippen molar-refractivity contribution in [3.8, 4) is 0 Å². The van der Waals surface area contributed by atoms with E-state index < -0.39 is 0 Å². The number of anilines is 2. The standard InChI is InChI=1S/C13H20N4O/c1-2-5-15-12-8-11(3-6-16-12)17-7-4-10(9-17)13(14)18/h3,6,8,10H,2,4-5,7,9H2,1H3,(H2,14,18)(H,15,16). The van der Waals surface area contributed by atoms with E-state index in [2.05, 4.69) is 22.1 Å². The summed E-state index contributed by atoms with van der Waals surface area (Å²) in [6.07, 6.45) is 3.71. The molecule has 1 aliphatic heterocycles. The van der Waals surface area contributed by atoms with Gasteiger partial charge in [-0.05, 0) is 18.9 Å². The monoisotopic (exact) mass is 248 g/mol. The number of pyridine rings is 1. The van der Waals surface area contributed by atoms with Gasteiger partial charge in [0.1, 0.15) is 5.82 Å². The maximum absolute atomic E-state index is 11.2. The Hall–Kier alpha value is -1.78. The second-order valence-electron chi connectivity index (χ2n) is 4.66. The number of nitrogens with two attached hydrogens (primary N) is 1. The smallest absolute Gasteiger partial charge is 0.222 e. The summed E-state index contributed by atoms with van der Waals surface area (Å²) in [5, 5.41) is 3.26. The van der Waals surface area contributed by atoms with Crippen LogP contribution in [0.5, 0.6) is 0 Å². The molecule has 1 saturated heterocycles. The molecule has 18 heavy (non-hydrogen) atoms. The molecule has 1 aliphatic rings. The maximum Gasteiger partial charge on any atom is 0.222 e. The fourth-order valence-electron chi connectivity index (χ4n) is 2.19. The molecule has 0 aliphatic carbocycles. The first kappa shape index (κ1) is 12.7. The highest BCUT2D eigenvalue weighted by Gasteiger charge is 2.26. The van der Waals surface area contributed by atoms with Gasteiger partial charge >= 0.3 is 0 Å². The number of carbonyl (C=O) groups is 1. The molecule has 98 valence electrons. The van der Waals surface area contributed by atoms with Crippen LogP contribution in [0.15, 0.2) is 18.3 Å². The number of hydrogen-bond donors (Lipinski definition) is 2. The van der Waals surface area contributed by atoms with Gasteiger partial charge in [0, 0.05) is 37.6 Å². The van der Waals surface area contributed by atoms with Crippen LogP contribution in [0.3, 0.4) is 0 Å². The fourth-order valence-corrected chi connectivity index (χ4v) is 2.19. The lowest BCUT2D eigenvalue weighted by Gasteiger charge is -2.18. The lowest BCUT2D eigenvalue weighted by molar-refractivity contribution is -0.121. The predicted octanol–water partition coefficient (Wildman–Crippen LogP) is 1.22. The van der Waals surface area contributed by atoms with Crippen LogP contribution in [0.1, 0.15) is 19.8 Å². The van der Waals surface area contributed by atoms with E-state index in [0.29, 0.717) is 6.54 Å². The van der Waals surface area contributed by atoms with Crippen LogP contribution >= 0.6 is 0 Å². The highest BCUT2D eigenvalue weighted by Crippen LogP contribution is 2.24. The molecule has 0 spiro atoms. The van der Waals surface area contributed by atoms with Crippen molar-refractivity contribution in [2.75, 3.05) is 29.9 Å². The molecular formula is C13H20N4O. The lowest BCUT2D eigenvalue weighted by atomic mass is 10.1. The largest absolute Gasteiger partial charge is 0.371 e. The summed E-state index contributed by atoms with van der Waals surface area (Å²) in [6.45, 7) is 4.63. The van der Waals surface area contributed by atoms with Gasteiger partial charge in [-0.1, -0.05) is 6.92 Å². The summed E-state index contributed by atoms with van der Waals surface area (Å²) in [5.74, 6) is 0.665. The van der Waals surface area contributed by atoms with E-state index in [0.717, 1.165) is 37.4 Å². The quantitative estimate of drug-likeness (QED) is 0.821. The van der Waals surface area contributed by atoms with Crippen molar-refractivity contribution in [2.24, 2.45) is 11.7 Å². The molecule has 0 saturated carbocycles. The van der Waals surface area contributed by atoms with Crippen molar-refractivity contribution < 1.29 is 4.79 Å². The van der Waals surface area contributed by atoms with Crippen LogP contribution in [0.25, 0.3) is 0 Å². The molecule has 0 radical (unpaired) electrons. The van der Waals surface area contributed by atoms with Crippen LogP contribution in [0, 0.1) is 5.92 Å². The van der Waals surface area contributed by atoms with E-state index in [1.54, 1.807) is 6.20 Å². The zero-order valence-corrected chi connectivity index (χ0v) is 10.7. The Morgan fingerprint density at radius 1 is 1.67 bits per heavy atom. The highest BCUT2D eigenvalue weighted by atomic mass is 16.1. The zero-order valence-electron chi connectivity index (χ0n) is 10.7. The molecule has 1 fully saturated rings. The lowest BCUT2D eigenvalue weighted by Crippen LogP contribution is -2.27. The van der Waals surface area contributed by atoms with Gasteiger partial charge in [0.05, 0.1) is 5.92 Å². The third-order valence-corrected chi connectivity index (χ3v) is 3.26. The first-order chi connectivity index (χ1) is 8.70. The van der Waals surface area contributed by atoms with Crippen molar-refractivity contribution in [3.63, 3.8) is 0 Å². The molecule has 2 rings (SSSR count). The van der Waals surface area contributed by atoms with Gasteiger partial charge in [-0.25, -0.2) is 4.98 Å². The third-order valence-electron chi connectivity index (χ3n) is 3.26. The molecule has 0 bridgehead atoms. The fraction of sp³-hybridized carbons (Fsp3) is 0.538. The third kappa shape index (κ3) is 2.91. The molecule has 2 heterocycles. The Labute approximate surface area is 107 Å². The van der Waals surface area contributed by atoms with Crippen LogP contribution in [-0.2, 0) is 4.79 Å². The van der Waals surface area contributed by atoms with Crippen molar-refractivity contribution in [3.05, 3.63) is 18.3 Å². The number of primary amides is 1. The minimum Gasteiger partial charge on any atom is -0.371 e. The minimum atomic E-state index is -0.198. The number of aromatic nitrogens is 1. The number of nitrogens with one attached hydrogen (secondary N) is 1. The van der Waals surface area contributed by atoms with Gasteiger partial charge in [-0.15, -0.1) is 0 Å². The Bertz CT molecular complexity index is 421. The average molecular weight is 248 g/mol. The van der Waals surface area contributed by atoms with Crippen molar-refractivity contribution >= 4 is 17.4 Å². The van der Waals surface area contributed by atoms with Crippen molar-refractivity contribution in [1.82, 2.24) is 4.98 Å². The van der Waals surface area contributed by atoms with Crippen LogP contribution in [0.4, 0.5) is 11.5 Å². The minimum absolute atomic E-state index is 0.0229. The molecule has 1 unspecified atom stereocenters. The topological polar surface area (TPSA) is 71.2 Å². The van der Waals surface area contributed by atoms with Gasteiger partial charge in [-0.2, -0.15) is 0 Å². The molecule has 1 aromatic heterocycles. The summed E-state index contributed by atoms with van der Waals surface area (Å²) in [5.41, 5.74) is 6.45. The molecule has 5 heteroatoms. The number of rotatable bonds is 5. The molecular weight excluding hydrogens is 228 g/mol. The summed E-state index contributed by atoms with van der Waals surface area (Å²) in [6, 6.07) is 4.00. The van der Waals surface area contributed by atoms with E-state index in [1.165, 1.54) is 0 Å². The van der Waals surface area contributed by atoms with Crippen molar-refractivity contribution in [1.29, 1.82) is 0 Å². The Balaban J connectivity index is 2.03. The first-order valence-electron chi connectivity index (χ1n) is 6.45. The van der Waals surface area contributed by atoms with Gasteiger partial charge < -0.3 is 16.0 Å². The summed E-state index contributed by atoms with van der Waals surface area (Å²) >= 11 is 0. The van der Waals surface area contributed by atoms with Crippen molar-refractivity contribution in [2.45, 2.75) is 19.8 Å². The normalized spacial score (nSPS) is 18.9. The van der Waals surface area contributed by atoms with Gasteiger partial charge in [-0.3, -0.25) is 4.79 Å². The Morgan fingerprint density at radius 2 is 2.50 bits per heavy atom. The molecule has 0 aromatic carbocycles. The maximum atomic E-state index is 11.2. The second kappa shape index (κ2) is 5.71. The Kier molecular flexibility index (Phi) is 4.02. The molecule has 1 aromatic rings. The van der Waals surface area contributed by atoms with E-state index in [-0.39, 0.29) is 11.8 Å². The summed E-state index contributed by atoms with van der Waals surface area (Å²) in [4.78, 5) is 17.6. The van der Waals surface area contributed by atoms with E-state index in [4.69, 9.17) is 5.73 Å². The highest BCUT2D eigenvalue weighted by molar-refractivity contribution is 5.78. The molecule has 1 amide bonds. The van der Waals surface area contributed by atoms with Gasteiger partial charge in [0.15, 0.2) is 0 Å². The number of carbonyl (C=O) groups excluding carboxylic acids is 1. The van der Waals surface area contributed by atoms with Crippen LogP contribution in [0.2, 0.25) is 0 Å². The molecule has 1 atom stereocenters. The second-order valence-corrected chi connectivity index (χ2v) is 4.66. The molecule has 3 N–H and O–H groups in total. The number of hydrogen-bond acceptors (Lipinski definition) is 4.